The highest BCUT2D eigenvalue weighted by molar-refractivity contribution is 5.94. The largest absolute Gasteiger partial charge is 0.420 e. The molecule has 6 nitrogen and oxygen atoms in total. The number of alkyl halides is 3. The Bertz CT molecular complexity index is 1360. The molecule has 1 unspecified atom stereocenters. The van der Waals surface area contributed by atoms with Gasteiger partial charge in [-0.3, -0.25) is 4.79 Å². The Morgan fingerprint density at radius 1 is 1.03 bits per heavy atom. The number of amides is 1. The number of fused-ring (bicyclic) bond motifs is 1. The van der Waals surface area contributed by atoms with Crippen molar-refractivity contribution >= 4 is 22.5 Å². The van der Waals surface area contributed by atoms with Gasteiger partial charge in [0.25, 0.3) is 5.91 Å². The first-order valence-corrected chi connectivity index (χ1v) is 11.2. The molecule has 3 aromatic carbocycles. The number of hydrogen-bond acceptors (Lipinski definition) is 4. The number of nitrogens with zero attached hydrogens (tertiary/aromatic N) is 3. The van der Waals surface area contributed by atoms with Crippen molar-refractivity contribution in [2.24, 2.45) is 0 Å². The number of carbonyl (C=O) groups excluding carboxylic acids is 1. The van der Waals surface area contributed by atoms with Gasteiger partial charge >= 0.3 is 6.18 Å². The van der Waals surface area contributed by atoms with Crippen molar-refractivity contribution in [1.29, 1.82) is 0 Å². The number of aliphatic hydroxyl groups is 1. The van der Waals surface area contributed by atoms with Gasteiger partial charge in [0.05, 0.1) is 36.1 Å². The number of aromatic nitrogens is 2. The second kappa shape index (κ2) is 9.98. The average Bonchev–Trinajstić information content (AvgIpc) is 3.31. The molecule has 1 heterocycles. The van der Waals surface area contributed by atoms with Crippen molar-refractivity contribution in [3.63, 3.8) is 0 Å². The predicted octanol–water partition coefficient (Wildman–Crippen LogP) is 5.03. The molecule has 4 aromatic rings. The Labute approximate surface area is 204 Å². The molecule has 0 saturated heterocycles. The highest BCUT2D eigenvalue weighted by Crippen LogP contribution is 2.33. The predicted molar refractivity (Wildman–Crippen MR) is 129 cm³/mol. The summed E-state index contributed by atoms with van der Waals surface area (Å²) >= 11 is 0. The second-order valence-electron chi connectivity index (χ2n) is 8.31. The van der Waals surface area contributed by atoms with Crippen molar-refractivity contribution in [3.8, 4) is 5.69 Å². The van der Waals surface area contributed by atoms with E-state index in [1.54, 1.807) is 22.9 Å². The maximum atomic E-state index is 14.1. The number of para-hydroxylation sites is 1. The van der Waals surface area contributed by atoms with E-state index in [4.69, 9.17) is 0 Å². The van der Waals surface area contributed by atoms with Crippen LogP contribution in [0.3, 0.4) is 0 Å². The summed E-state index contributed by atoms with van der Waals surface area (Å²) in [5.74, 6) is -1.79. The van der Waals surface area contributed by atoms with Gasteiger partial charge in [-0.05, 0) is 43.3 Å². The number of likely N-dealkylation sites (N-methyl/N-ethyl adjacent to an activating group) is 1. The number of rotatable bonds is 8. The summed E-state index contributed by atoms with van der Waals surface area (Å²) in [6.45, 7) is -0.716. The summed E-state index contributed by atoms with van der Waals surface area (Å²) in [5.41, 5.74) is -1.90. The van der Waals surface area contributed by atoms with Crippen LogP contribution in [0.1, 0.15) is 17.3 Å². The maximum Gasteiger partial charge on any atom is 0.420 e. The fourth-order valence-corrected chi connectivity index (χ4v) is 3.92. The van der Waals surface area contributed by atoms with E-state index in [-0.39, 0.29) is 12.1 Å². The Hall–Kier alpha value is -3.92. The van der Waals surface area contributed by atoms with Crippen LogP contribution in [0.15, 0.2) is 79.0 Å². The first-order valence-electron chi connectivity index (χ1n) is 11.2. The van der Waals surface area contributed by atoms with Gasteiger partial charge < -0.3 is 15.3 Å². The van der Waals surface area contributed by atoms with Gasteiger partial charge in [-0.25, -0.2) is 9.07 Å². The number of halogens is 4. The zero-order valence-electron chi connectivity index (χ0n) is 19.3. The van der Waals surface area contributed by atoms with Crippen LogP contribution in [-0.2, 0) is 0 Å². The molecule has 0 bridgehead atoms. The normalized spacial score (nSPS) is 13.4. The van der Waals surface area contributed by atoms with Crippen molar-refractivity contribution in [3.05, 3.63) is 90.4 Å². The summed E-state index contributed by atoms with van der Waals surface area (Å²) in [7, 11) is 0. The quantitative estimate of drug-likeness (QED) is 0.333. The van der Waals surface area contributed by atoms with Crippen molar-refractivity contribution in [2.45, 2.75) is 18.7 Å². The fourth-order valence-electron chi connectivity index (χ4n) is 3.92. The zero-order chi connectivity index (χ0) is 25.9. The first-order chi connectivity index (χ1) is 17.1. The lowest BCUT2D eigenvalue weighted by Crippen LogP contribution is -2.58. The molecule has 36 heavy (non-hydrogen) atoms. The lowest BCUT2D eigenvalue weighted by molar-refractivity contribution is -0.257. The van der Waals surface area contributed by atoms with Crippen molar-refractivity contribution in [1.82, 2.24) is 14.7 Å². The topological polar surface area (TPSA) is 70.4 Å². The van der Waals surface area contributed by atoms with Crippen LogP contribution < -0.4 is 5.32 Å². The smallest absolute Gasteiger partial charge is 0.381 e. The average molecular weight is 500 g/mol. The first kappa shape index (κ1) is 25.2. The van der Waals surface area contributed by atoms with Gasteiger partial charge in [0.15, 0.2) is 5.60 Å². The molecule has 0 aliphatic rings. The molecule has 1 aromatic heterocycles. The zero-order valence-corrected chi connectivity index (χ0v) is 19.3. The van der Waals surface area contributed by atoms with Crippen LogP contribution in [0.2, 0.25) is 0 Å². The standard InChI is InChI=1S/C26H24F4N4O2/c1-2-33(24(35)19-11-6-7-12-21(19)27)17-25(36,26(28,29)30)16-31-22-13-8-14-23-20(22)15-32-34(23)18-9-4-3-5-10-18/h3-15,31,36H,2,16-17H2,1H3. The summed E-state index contributed by atoms with van der Waals surface area (Å²) in [4.78, 5) is 13.5. The van der Waals surface area contributed by atoms with E-state index in [9.17, 15) is 27.5 Å². The number of nitrogens with one attached hydrogen (secondary N) is 1. The van der Waals surface area contributed by atoms with Crippen molar-refractivity contribution in [2.75, 3.05) is 25.0 Å². The molecule has 0 aliphatic heterocycles. The summed E-state index contributed by atoms with van der Waals surface area (Å²) in [6, 6.07) is 19.3. The van der Waals surface area contributed by atoms with E-state index >= 15 is 0 Å². The van der Waals surface area contributed by atoms with Gasteiger partial charge in [-0.1, -0.05) is 36.4 Å². The van der Waals surface area contributed by atoms with E-state index in [1.165, 1.54) is 31.3 Å². The van der Waals surface area contributed by atoms with Crippen LogP contribution in [0.25, 0.3) is 16.6 Å². The lowest BCUT2D eigenvalue weighted by Gasteiger charge is -2.35. The SMILES string of the molecule is CCN(CC(O)(CNc1cccc2c1cnn2-c1ccccc1)C(F)(F)F)C(=O)c1ccccc1F. The van der Waals surface area contributed by atoms with Gasteiger partial charge in [-0.2, -0.15) is 18.3 Å². The number of anilines is 1. The third-order valence-electron chi connectivity index (χ3n) is 5.94. The molecule has 1 amide bonds. The maximum absolute atomic E-state index is 14.1. The molecule has 0 aliphatic carbocycles. The second-order valence-corrected chi connectivity index (χ2v) is 8.31. The summed E-state index contributed by atoms with van der Waals surface area (Å²) in [6.07, 6.45) is -3.55. The molecule has 4 rings (SSSR count). The highest BCUT2D eigenvalue weighted by Gasteiger charge is 2.55. The minimum atomic E-state index is -5.08. The summed E-state index contributed by atoms with van der Waals surface area (Å²) in [5, 5.41) is 18.3. The Morgan fingerprint density at radius 2 is 1.72 bits per heavy atom. The Morgan fingerprint density at radius 3 is 2.39 bits per heavy atom. The minimum Gasteiger partial charge on any atom is -0.381 e. The number of hydrogen-bond donors (Lipinski definition) is 2. The van der Waals surface area contributed by atoms with Crippen LogP contribution >= 0.6 is 0 Å². The van der Waals surface area contributed by atoms with Crippen LogP contribution in [0.5, 0.6) is 0 Å². The minimum absolute atomic E-state index is 0.162. The molecular weight excluding hydrogens is 476 g/mol. The third-order valence-corrected chi connectivity index (χ3v) is 5.94. The van der Waals surface area contributed by atoms with E-state index in [0.29, 0.717) is 16.6 Å². The number of benzene rings is 3. The fraction of sp³-hybridized carbons (Fsp3) is 0.231. The van der Waals surface area contributed by atoms with Gasteiger partial charge in [0.1, 0.15) is 5.82 Å². The molecule has 0 saturated carbocycles. The van der Waals surface area contributed by atoms with E-state index in [2.05, 4.69) is 10.4 Å². The molecular formula is C26H24F4N4O2. The summed E-state index contributed by atoms with van der Waals surface area (Å²) < 4.78 is 58.0. The highest BCUT2D eigenvalue weighted by atomic mass is 19.4. The van der Waals surface area contributed by atoms with E-state index in [1.807, 2.05) is 30.3 Å². The molecule has 0 spiro atoms. The monoisotopic (exact) mass is 500 g/mol. The van der Waals surface area contributed by atoms with Gasteiger partial charge in [0, 0.05) is 17.6 Å². The lowest BCUT2D eigenvalue weighted by atomic mass is 10.0. The van der Waals surface area contributed by atoms with Gasteiger partial charge in [-0.15, -0.1) is 0 Å². The molecule has 2 N–H and O–H groups in total. The Kier molecular flexibility index (Phi) is 6.98. The molecule has 188 valence electrons. The van der Waals surface area contributed by atoms with Crippen molar-refractivity contribution < 1.29 is 27.5 Å². The molecule has 0 fully saturated rings. The van der Waals surface area contributed by atoms with Gasteiger partial charge in [0.2, 0.25) is 0 Å². The number of carbonyl (C=O) groups is 1. The van der Waals surface area contributed by atoms with Crippen LogP contribution in [-0.4, -0.2) is 57.1 Å². The molecule has 0 radical (unpaired) electrons. The van der Waals surface area contributed by atoms with Crippen LogP contribution in [0.4, 0.5) is 23.2 Å². The molecule has 10 heteroatoms. The van der Waals surface area contributed by atoms with E-state index in [0.717, 1.165) is 16.7 Å². The van der Waals surface area contributed by atoms with Crippen LogP contribution in [0, 0.1) is 5.82 Å². The third kappa shape index (κ3) is 4.90. The molecule has 1 atom stereocenters. The Balaban J connectivity index is 1.60. The van der Waals surface area contributed by atoms with E-state index < -0.39 is 36.6 Å².